The Hall–Kier alpha value is -3.71. The van der Waals surface area contributed by atoms with Crippen LogP contribution in [0.15, 0.2) is 30.6 Å². The number of anilines is 2. The summed E-state index contributed by atoms with van der Waals surface area (Å²) < 4.78 is 25.9. The van der Waals surface area contributed by atoms with Crippen LogP contribution in [0.25, 0.3) is 11.3 Å². The molecule has 9 nitrogen and oxygen atoms in total. The lowest BCUT2D eigenvalue weighted by atomic mass is 9.74. The Morgan fingerprint density at radius 3 is 2.73 bits per heavy atom. The van der Waals surface area contributed by atoms with Crippen LogP contribution in [0.3, 0.4) is 0 Å². The fourth-order valence-corrected chi connectivity index (χ4v) is 3.84. The van der Waals surface area contributed by atoms with E-state index in [-0.39, 0.29) is 17.0 Å². The standard InChI is InChI=1S/C23H26FN7O2/c1-23(2)4-5-26-10-14(23)13-33-19-7-15(24)6-18(32-3)22(19)17-8-20(31-30-17)29-21-12-27-16(9-25)11-28-21/h6-8,11-12,14,26H,4-5,10,13H2,1-3H3,(H2,28,29,30,31)/t14-/m0/s1. The highest BCUT2D eigenvalue weighted by Gasteiger charge is 2.33. The van der Waals surface area contributed by atoms with Gasteiger partial charge >= 0.3 is 0 Å². The molecule has 1 aliphatic rings. The molecule has 1 atom stereocenters. The van der Waals surface area contributed by atoms with Crippen molar-refractivity contribution in [2.45, 2.75) is 20.3 Å². The van der Waals surface area contributed by atoms with Crippen molar-refractivity contribution < 1.29 is 13.9 Å². The second kappa shape index (κ2) is 9.42. The van der Waals surface area contributed by atoms with Crippen LogP contribution in [-0.4, -0.2) is 47.0 Å². The van der Waals surface area contributed by atoms with E-state index in [4.69, 9.17) is 14.7 Å². The van der Waals surface area contributed by atoms with Crippen molar-refractivity contribution in [3.63, 3.8) is 0 Å². The van der Waals surface area contributed by atoms with E-state index in [1.807, 2.05) is 6.07 Å². The number of ether oxygens (including phenoxy) is 2. The van der Waals surface area contributed by atoms with E-state index in [0.717, 1.165) is 19.5 Å². The van der Waals surface area contributed by atoms with Gasteiger partial charge in [-0.05, 0) is 18.4 Å². The molecule has 1 aliphatic heterocycles. The average Bonchev–Trinajstić information content (AvgIpc) is 3.26. The maximum absolute atomic E-state index is 14.3. The van der Waals surface area contributed by atoms with Crippen LogP contribution < -0.4 is 20.1 Å². The molecule has 1 aromatic carbocycles. The molecule has 1 saturated heterocycles. The lowest BCUT2D eigenvalue weighted by molar-refractivity contribution is 0.0963. The Bertz CT molecular complexity index is 1150. The van der Waals surface area contributed by atoms with Gasteiger partial charge in [0.25, 0.3) is 0 Å². The normalized spacial score (nSPS) is 17.2. The van der Waals surface area contributed by atoms with Gasteiger partial charge in [-0.3, -0.25) is 5.10 Å². The Kier molecular flexibility index (Phi) is 6.42. The number of benzene rings is 1. The molecule has 0 unspecified atom stereocenters. The Balaban J connectivity index is 1.59. The number of halogens is 1. The first-order valence-electron chi connectivity index (χ1n) is 10.7. The zero-order valence-electron chi connectivity index (χ0n) is 18.8. The molecule has 4 rings (SSSR count). The van der Waals surface area contributed by atoms with Gasteiger partial charge in [0.15, 0.2) is 11.5 Å². The first-order chi connectivity index (χ1) is 15.9. The molecule has 3 heterocycles. The summed E-state index contributed by atoms with van der Waals surface area (Å²) in [5, 5.41) is 22.5. The topological polar surface area (TPSA) is 121 Å². The highest BCUT2D eigenvalue weighted by atomic mass is 19.1. The highest BCUT2D eigenvalue weighted by Crippen LogP contribution is 2.40. The van der Waals surface area contributed by atoms with E-state index in [9.17, 15) is 4.39 Å². The molecule has 0 radical (unpaired) electrons. The van der Waals surface area contributed by atoms with Gasteiger partial charge in [-0.25, -0.2) is 14.4 Å². The number of piperidine rings is 1. The van der Waals surface area contributed by atoms with E-state index in [0.29, 0.717) is 41.0 Å². The maximum atomic E-state index is 14.3. The maximum Gasteiger partial charge on any atom is 0.158 e. The van der Waals surface area contributed by atoms with Crippen molar-refractivity contribution in [3.8, 4) is 28.8 Å². The highest BCUT2D eigenvalue weighted by molar-refractivity contribution is 5.76. The van der Waals surface area contributed by atoms with Crippen molar-refractivity contribution >= 4 is 11.6 Å². The number of nitriles is 1. The van der Waals surface area contributed by atoms with Gasteiger partial charge in [0, 0.05) is 30.7 Å². The molecular weight excluding hydrogens is 425 g/mol. The van der Waals surface area contributed by atoms with Crippen LogP contribution in [0.5, 0.6) is 11.5 Å². The number of nitrogens with zero attached hydrogens (tertiary/aromatic N) is 4. The molecule has 0 aliphatic carbocycles. The van der Waals surface area contributed by atoms with E-state index in [1.165, 1.54) is 31.6 Å². The predicted octanol–water partition coefficient (Wildman–Crippen LogP) is 3.64. The Morgan fingerprint density at radius 2 is 2.03 bits per heavy atom. The second-order valence-corrected chi connectivity index (χ2v) is 8.62. The molecule has 10 heteroatoms. The third-order valence-electron chi connectivity index (χ3n) is 6.00. The van der Waals surface area contributed by atoms with E-state index < -0.39 is 5.82 Å². The van der Waals surface area contributed by atoms with E-state index in [2.05, 4.69) is 44.6 Å². The fraction of sp³-hybridized carbons (Fsp3) is 0.391. The van der Waals surface area contributed by atoms with Gasteiger partial charge in [-0.2, -0.15) is 10.4 Å². The molecule has 33 heavy (non-hydrogen) atoms. The van der Waals surface area contributed by atoms with Crippen LogP contribution in [-0.2, 0) is 0 Å². The van der Waals surface area contributed by atoms with Crippen LogP contribution >= 0.6 is 0 Å². The summed E-state index contributed by atoms with van der Waals surface area (Å²) in [6.45, 7) is 6.73. The zero-order chi connectivity index (χ0) is 23.4. The zero-order valence-corrected chi connectivity index (χ0v) is 18.8. The van der Waals surface area contributed by atoms with Gasteiger partial charge in [0.2, 0.25) is 0 Å². The molecule has 2 aromatic heterocycles. The quantitative estimate of drug-likeness (QED) is 0.498. The number of methoxy groups -OCH3 is 1. The minimum absolute atomic E-state index is 0.121. The van der Waals surface area contributed by atoms with Gasteiger partial charge in [0.05, 0.1) is 37.4 Å². The molecule has 172 valence electrons. The molecule has 0 bridgehead atoms. The monoisotopic (exact) mass is 451 g/mol. The molecule has 1 fully saturated rings. The van der Waals surface area contributed by atoms with Crippen LogP contribution in [0.2, 0.25) is 0 Å². The molecule has 0 amide bonds. The average molecular weight is 452 g/mol. The molecule has 0 saturated carbocycles. The summed E-state index contributed by atoms with van der Waals surface area (Å²) in [5.41, 5.74) is 1.51. The third-order valence-corrected chi connectivity index (χ3v) is 6.00. The number of hydrogen-bond donors (Lipinski definition) is 3. The second-order valence-electron chi connectivity index (χ2n) is 8.62. The van der Waals surface area contributed by atoms with Gasteiger partial charge in [-0.1, -0.05) is 13.8 Å². The van der Waals surface area contributed by atoms with Crippen molar-refractivity contribution in [2.75, 3.05) is 32.1 Å². The van der Waals surface area contributed by atoms with Crippen molar-refractivity contribution in [1.29, 1.82) is 5.26 Å². The third kappa shape index (κ3) is 5.04. The smallest absolute Gasteiger partial charge is 0.158 e. The van der Waals surface area contributed by atoms with Gasteiger partial charge < -0.3 is 20.1 Å². The minimum Gasteiger partial charge on any atom is -0.496 e. The molecular formula is C23H26FN7O2. The van der Waals surface area contributed by atoms with E-state index in [1.54, 1.807) is 6.07 Å². The number of aromatic amines is 1. The molecule has 3 aromatic rings. The van der Waals surface area contributed by atoms with Crippen molar-refractivity contribution in [3.05, 3.63) is 42.1 Å². The lowest BCUT2D eigenvalue weighted by Crippen LogP contribution is -2.44. The lowest BCUT2D eigenvalue weighted by Gasteiger charge is -2.38. The summed E-state index contributed by atoms with van der Waals surface area (Å²) in [7, 11) is 1.48. The summed E-state index contributed by atoms with van der Waals surface area (Å²) in [4.78, 5) is 8.11. The molecule has 0 spiro atoms. The number of rotatable bonds is 7. The summed E-state index contributed by atoms with van der Waals surface area (Å²) in [5.74, 6) is 1.45. The predicted molar refractivity (Wildman–Crippen MR) is 121 cm³/mol. The van der Waals surface area contributed by atoms with Crippen LogP contribution in [0.1, 0.15) is 26.0 Å². The molecule has 3 N–H and O–H groups in total. The van der Waals surface area contributed by atoms with Gasteiger partial charge in [0.1, 0.15) is 29.2 Å². The summed E-state index contributed by atoms with van der Waals surface area (Å²) >= 11 is 0. The van der Waals surface area contributed by atoms with Crippen LogP contribution in [0.4, 0.5) is 16.0 Å². The first kappa shape index (κ1) is 22.5. The fourth-order valence-electron chi connectivity index (χ4n) is 3.84. The summed E-state index contributed by atoms with van der Waals surface area (Å²) in [6.07, 6.45) is 3.86. The number of H-pyrrole nitrogens is 1. The largest absolute Gasteiger partial charge is 0.496 e. The summed E-state index contributed by atoms with van der Waals surface area (Å²) in [6, 6.07) is 6.34. The number of aromatic nitrogens is 4. The van der Waals surface area contributed by atoms with Crippen LogP contribution in [0, 0.1) is 28.5 Å². The first-order valence-corrected chi connectivity index (χ1v) is 10.7. The SMILES string of the molecule is COc1cc(F)cc(OC[C@@H]2CNCCC2(C)C)c1-c1cc(Nc2cnc(C#N)cn2)n[nH]1. The van der Waals surface area contributed by atoms with Gasteiger partial charge in [-0.15, -0.1) is 0 Å². The van der Waals surface area contributed by atoms with Crippen molar-refractivity contribution in [1.82, 2.24) is 25.5 Å². The minimum atomic E-state index is -0.447. The number of nitrogens with one attached hydrogen (secondary N) is 3. The Morgan fingerprint density at radius 1 is 1.21 bits per heavy atom. The number of hydrogen-bond acceptors (Lipinski definition) is 8. The van der Waals surface area contributed by atoms with Crippen molar-refractivity contribution in [2.24, 2.45) is 11.3 Å². The van der Waals surface area contributed by atoms with E-state index >= 15 is 0 Å². The Labute approximate surface area is 191 Å².